The molecule has 1 aliphatic rings. The van der Waals surface area contributed by atoms with Gasteiger partial charge in [-0.25, -0.2) is 14.8 Å². The second kappa shape index (κ2) is 5.28. The Labute approximate surface area is 116 Å². The normalized spacial score (nSPS) is 14.5. The zero-order valence-electron chi connectivity index (χ0n) is 11.0. The molecule has 3 rings (SSSR count). The first kappa shape index (κ1) is 12.6. The van der Waals surface area contributed by atoms with Crippen LogP contribution in [0.25, 0.3) is 0 Å². The maximum atomic E-state index is 11.2. The van der Waals surface area contributed by atoms with Crippen molar-refractivity contribution in [3.05, 3.63) is 53.5 Å². The van der Waals surface area contributed by atoms with E-state index in [-0.39, 0.29) is 5.69 Å². The second-order valence-electron chi connectivity index (χ2n) is 4.79. The summed E-state index contributed by atoms with van der Waals surface area (Å²) in [6, 6.07) is 8.35. The Hall–Kier alpha value is -2.43. The molecular weight excluding hydrogens is 254 g/mol. The topological polar surface area (TPSA) is 66.3 Å². The number of rotatable bonds is 2. The fourth-order valence-electron chi connectivity index (χ4n) is 2.59. The number of aromatic nitrogens is 2. The fourth-order valence-corrected chi connectivity index (χ4v) is 2.59. The van der Waals surface area contributed by atoms with Gasteiger partial charge in [0.05, 0.1) is 0 Å². The van der Waals surface area contributed by atoms with Crippen molar-refractivity contribution in [2.75, 3.05) is 18.0 Å². The number of carboxylic acid groups (broad SMARTS) is 1. The molecule has 0 amide bonds. The van der Waals surface area contributed by atoms with E-state index in [1.807, 2.05) is 17.0 Å². The molecular formula is C15H15N3O2. The summed E-state index contributed by atoms with van der Waals surface area (Å²) < 4.78 is 0. The lowest BCUT2D eigenvalue weighted by Crippen LogP contribution is -2.29. The van der Waals surface area contributed by atoms with E-state index in [0.29, 0.717) is 5.82 Å². The van der Waals surface area contributed by atoms with Crippen molar-refractivity contribution in [2.24, 2.45) is 0 Å². The van der Waals surface area contributed by atoms with Crippen LogP contribution in [0.4, 0.5) is 5.82 Å². The van der Waals surface area contributed by atoms with Gasteiger partial charge in [0.15, 0.2) is 11.5 Å². The van der Waals surface area contributed by atoms with Crippen molar-refractivity contribution in [2.45, 2.75) is 12.8 Å². The Morgan fingerprint density at radius 1 is 1.05 bits per heavy atom. The van der Waals surface area contributed by atoms with Gasteiger partial charge in [-0.05, 0) is 24.0 Å². The number of nitrogens with zero attached hydrogens (tertiary/aromatic N) is 3. The van der Waals surface area contributed by atoms with Crippen LogP contribution in [-0.4, -0.2) is 34.1 Å². The first-order valence-electron chi connectivity index (χ1n) is 6.62. The lowest BCUT2D eigenvalue weighted by molar-refractivity contribution is 0.0690. The molecule has 102 valence electrons. The third-order valence-electron chi connectivity index (χ3n) is 3.60. The van der Waals surface area contributed by atoms with Gasteiger partial charge < -0.3 is 10.0 Å². The molecule has 1 N–H and O–H groups in total. The molecule has 1 aromatic heterocycles. The van der Waals surface area contributed by atoms with Crippen LogP contribution in [-0.2, 0) is 12.8 Å². The minimum atomic E-state index is -1.03. The summed E-state index contributed by atoms with van der Waals surface area (Å²) in [6.45, 7) is 1.52. The Balaban J connectivity index is 1.89. The number of aromatic carboxylic acids is 1. The van der Waals surface area contributed by atoms with Crippen LogP contribution < -0.4 is 4.90 Å². The molecule has 5 nitrogen and oxygen atoms in total. The first-order chi connectivity index (χ1) is 9.75. The molecule has 2 heterocycles. The highest BCUT2D eigenvalue weighted by atomic mass is 16.4. The summed E-state index contributed by atoms with van der Waals surface area (Å²) in [6.07, 6.45) is 4.75. The van der Waals surface area contributed by atoms with Gasteiger partial charge in [0.2, 0.25) is 0 Å². The number of fused-ring (bicyclic) bond motifs is 1. The highest BCUT2D eigenvalue weighted by Gasteiger charge is 2.21. The van der Waals surface area contributed by atoms with Crippen LogP contribution in [0.2, 0.25) is 0 Å². The Morgan fingerprint density at radius 3 is 2.25 bits per heavy atom. The highest BCUT2D eigenvalue weighted by Crippen LogP contribution is 2.21. The number of carboxylic acids is 1. The molecule has 0 radical (unpaired) electrons. The summed E-state index contributed by atoms with van der Waals surface area (Å²) in [5.74, 6) is -0.567. The van der Waals surface area contributed by atoms with Gasteiger partial charge in [0.25, 0.3) is 0 Å². The minimum absolute atomic E-state index is 0.0263. The molecule has 1 aliphatic heterocycles. The SMILES string of the molecule is O=C(O)c1nccnc1N1CCc2ccccc2CC1. The molecule has 5 heteroatoms. The van der Waals surface area contributed by atoms with Gasteiger partial charge in [-0.15, -0.1) is 0 Å². The Morgan fingerprint density at radius 2 is 1.65 bits per heavy atom. The monoisotopic (exact) mass is 269 g/mol. The maximum Gasteiger partial charge on any atom is 0.358 e. The number of hydrogen-bond donors (Lipinski definition) is 1. The second-order valence-corrected chi connectivity index (χ2v) is 4.79. The van der Waals surface area contributed by atoms with Gasteiger partial charge in [-0.1, -0.05) is 24.3 Å². The predicted octanol–water partition coefficient (Wildman–Crippen LogP) is 1.78. The van der Waals surface area contributed by atoms with E-state index in [4.69, 9.17) is 0 Å². The largest absolute Gasteiger partial charge is 0.476 e. The molecule has 0 fully saturated rings. The lowest BCUT2D eigenvalue weighted by atomic mass is 10.0. The van der Waals surface area contributed by atoms with Gasteiger partial charge >= 0.3 is 5.97 Å². The molecule has 2 aromatic rings. The van der Waals surface area contributed by atoms with E-state index in [0.717, 1.165) is 25.9 Å². The smallest absolute Gasteiger partial charge is 0.358 e. The number of carbonyl (C=O) groups is 1. The zero-order valence-corrected chi connectivity index (χ0v) is 11.0. The van der Waals surface area contributed by atoms with Crippen LogP contribution in [0.3, 0.4) is 0 Å². The van der Waals surface area contributed by atoms with Gasteiger partial charge in [-0.3, -0.25) is 0 Å². The molecule has 0 atom stereocenters. The van der Waals surface area contributed by atoms with E-state index in [1.165, 1.54) is 17.3 Å². The van der Waals surface area contributed by atoms with Crippen molar-refractivity contribution < 1.29 is 9.90 Å². The van der Waals surface area contributed by atoms with Crippen LogP contribution in [0.15, 0.2) is 36.7 Å². The van der Waals surface area contributed by atoms with Gasteiger partial charge in [0.1, 0.15) is 0 Å². The molecule has 1 aromatic carbocycles. The third-order valence-corrected chi connectivity index (χ3v) is 3.60. The number of hydrogen-bond acceptors (Lipinski definition) is 4. The minimum Gasteiger partial charge on any atom is -0.476 e. The molecule has 0 unspecified atom stereocenters. The quantitative estimate of drug-likeness (QED) is 0.900. The van der Waals surface area contributed by atoms with Gasteiger partial charge in [0, 0.05) is 25.5 Å². The fraction of sp³-hybridized carbons (Fsp3) is 0.267. The number of anilines is 1. The Kier molecular flexibility index (Phi) is 3.33. The molecule has 0 bridgehead atoms. The van der Waals surface area contributed by atoms with Crippen molar-refractivity contribution in [1.82, 2.24) is 9.97 Å². The van der Waals surface area contributed by atoms with Crippen molar-refractivity contribution in [1.29, 1.82) is 0 Å². The van der Waals surface area contributed by atoms with Crippen LogP contribution in [0, 0.1) is 0 Å². The summed E-state index contributed by atoms with van der Waals surface area (Å²) in [5, 5.41) is 9.21. The first-order valence-corrected chi connectivity index (χ1v) is 6.62. The van der Waals surface area contributed by atoms with Crippen molar-refractivity contribution in [3.8, 4) is 0 Å². The van der Waals surface area contributed by atoms with E-state index in [9.17, 15) is 9.90 Å². The molecule has 0 saturated heterocycles. The summed E-state index contributed by atoms with van der Waals surface area (Å²) in [4.78, 5) is 21.4. The van der Waals surface area contributed by atoms with Crippen LogP contribution in [0.1, 0.15) is 21.6 Å². The van der Waals surface area contributed by atoms with E-state index < -0.39 is 5.97 Å². The average molecular weight is 269 g/mol. The maximum absolute atomic E-state index is 11.2. The predicted molar refractivity (Wildman–Crippen MR) is 75.1 cm³/mol. The van der Waals surface area contributed by atoms with Crippen LogP contribution >= 0.6 is 0 Å². The summed E-state index contributed by atoms with van der Waals surface area (Å²) in [7, 11) is 0. The lowest BCUT2D eigenvalue weighted by Gasteiger charge is -2.22. The van der Waals surface area contributed by atoms with E-state index in [2.05, 4.69) is 22.1 Å². The van der Waals surface area contributed by atoms with Crippen molar-refractivity contribution >= 4 is 11.8 Å². The van der Waals surface area contributed by atoms with Gasteiger partial charge in [-0.2, -0.15) is 0 Å². The molecule has 0 spiro atoms. The standard InChI is InChI=1S/C15H15N3O2/c19-15(20)13-14(17-8-7-16-13)18-9-5-11-3-1-2-4-12(11)6-10-18/h1-4,7-8H,5-6,9-10H2,(H,19,20). The van der Waals surface area contributed by atoms with E-state index >= 15 is 0 Å². The average Bonchev–Trinajstić information content (AvgIpc) is 2.70. The third kappa shape index (κ3) is 2.34. The molecule has 0 aliphatic carbocycles. The molecule has 20 heavy (non-hydrogen) atoms. The Bertz CT molecular complexity index is 616. The van der Waals surface area contributed by atoms with E-state index in [1.54, 1.807) is 6.20 Å². The summed E-state index contributed by atoms with van der Waals surface area (Å²) >= 11 is 0. The zero-order chi connectivity index (χ0) is 13.9. The van der Waals surface area contributed by atoms with Crippen molar-refractivity contribution in [3.63, 3.8) is 0 Å². The molecule has 0 saturated carbocycles. The highest BCUT2D eigenvalue weighted by molar-refractivity contribution is 5.90. The summed E-state index contributed by atoms with van der Waals surface area (Å²) in [5.41, 5.74) is 2.69. The van der Waals surface area contributed by atoms with Crippen LogP contribution in [0.5, 0.6) is 0 Å². The number of benzene rings is 1.